The van der Waals surface area contributed by atoms with Gasteiger partial charge in [-0.05, 0) is 48.4 Å². The zero-order valence-electron chi connectivity index (χ0n) is 22.8. The Hall–Kier alpha value is -4.08. The zero-order valence-corrected chi connectivity index (χ0v) is 22.8. The largest absolute Gasteiger partial charge is 0.464 e. The van der Waals surface area contributed by atoms with Crippen LogP contribution in [0.1, 0.15) is 22.6 Å². The van der Waals surface area contributed by atoms with Gasteiger partial charge in [-0.3, -0.25) is 14.5 Å². The highest BCUT2D eigenvalue weighted by Gasteiger charge is 2.24. The molecule has 0 atom stereocenters. The molecule has 9 nitrogen and oxygen atoms in total. The van der Waals surface area contributed by atoms with E-state index in [1.54, 1.807) is 22.0 Å². The van der Waals surface area contributed by atoms with Gasteiger partial charge in [0.25, 0.3) is 0 Å². The van der Waals surface area contributed by atoms with Gasteiger partial charge in [0.15, 0.2) is 11.5 Å². The van der Waals surface area contributed by atoms with Gasteiger partial charge in [-0.2, -0.15) is 0 Å². The van der Waals surface area contributed by atoms with E-state index in [2.05, 4.69) is 4.90 Å². The van der Waals surface area contributed by atoms with E-state index in [0.29, 0.717) is 50.1 Å². The maximum Gasteiger partial charge on any atom is 0.247 e. The van der Waals surface area contributed by atoms with Gasteiger partial charge in [-0.15, -0.1) is 0 Å². The van der Waals surface area contributed by atoms with Crippen LogP contribution in [0.5, 0.6) is 11.5 Å². The number of carbonyl (C=O) groups is 2. The van der Waals surface area contributed by atoms with Crippen molar-refractivity contribution in [3.8, 4) is 11.5 Å². The summed E-state index contributed by atoms with van der Waals surface area (Å²) in [5, 5.41) is 0. The number of morpholine rings is 1. The van der Waals surface area contributed by atoms with Gasteiger partial charge in [-0.25, -0.2) is 0 Å². The highest BCUT2D eigenvalue weighted by molar-refractivity contribution is 5.94. The topological polar surface area (TPSA) is 84.7 Å². The Balaban J connectivity index is 1.32. The van der Waals surface area contributed by atoms with Crippen LogP contribution in [0.4, 0.5) is 0 Å². The van der Waals surface area contributed by atoms with E-state index in [-0.39, 0.29) is 31.7 Å². The van der Waals surface area contributed by atoms with E-state index in [9.17, 15) is 9.59 Å². The molecular formula is C31H35N3O6. The van der Waals surface area contributed by atoms with Crippen LogP contribution in [0, 0.1) is 6.92 Å². The van der Waals surface area contributed by atoms with Crippen LogP contribution < -0.4 is 9.47 Å². The Morgan fingerprint density at radius 2 is 1.73 bits per heavy atom. The summed E-state index contributed by atoms with van der Waals surface area (Å²) in [6.07, 6.45) is 3.32. The highest BCUT2D eigenvalue weighted by Crippen LogP contribution is 2.33. The predicted molar refractivity (Wildman–Crippen MR) is 150 cm³/mol. The maximum absolute atomic E-state index is 13.8. The van der Waals surface area contributed by atoms with Crippen LogP contribution >= 0.6 is 0 Å². The second-order valence-corrected chi connectivity index (χ2v) is 9.91. The van der Waals surface area contributed by atoms with Gasteiger partial charge in [0.1, 0.15) is 18.1 Å². The fraction of sp³-hybridized carbons (Fsp3) is 0.355. The first-order chi connectivity index (χ1) is 19.5. The van der Waals surface area contributed by atoms with Crippen molar-refractivity contribution in [3.63, 3.8) is 0 Å². The number of hydrogen-bond donors (Lipinski definition) is 0. The number of benzene rings is 2. The molecular weight excluding hydrogens is 510 g/mol. The number of ether oxygens (including phenoxy) is 3. The van der Waals surface area contributed by atoms with Gasteiger partial charge in [0.05, 0.1) is 19.8 Å². The molecule has 2 aromatic carbocycles. The lowest BCUT2D eigenvalue weighted by Gasteiger charge is -2.31. The number of aryl methyl sites for hydroxylation is 1. The summed E-state index contributed by atoms with van der Waals surface area (Å²) in [7, 11) is 0. The van der Waals surface area contributed by atoms with Crippen LogP contribution in [0.15, 0.2) is 71.2 Å². The van der Waals surface area contributed by atoms with E-state index in [1.807, 2.05) is 67.6 Å². The molecule has 2 aliphatic heterocycles. The molecule has 5 rings (SSSR count). The van der Waals surface area contributed by atoms with Crippen LogP contribution in [0.25, 0.3) is 6.08 Å². The minimum atomic E-state index is -0.206. The van der Waals surface area contributed by atoms with Crippen LogP contribution in [-0.4, -0.2) is 79.2 Å². The summed E-state index contributed by atoms with van der Waals surface area (Å²) in [5.74, 6) is 2.43. The number of carbonyl (C=O) groups excluding carboxylic acids is 2. The van der Waals surface area contributed by atoms with Crippen molar-refractivity contribution in [2.24, 2.45) is 0 Å². The average molecular weight is 546 g/mol. The van der Waals surface area contributed by atoms with Crippen molar-refractivity contribution in [3.05, 3.63) is 89.4 Å². The fourth-order valence-electron chi connectivity index (χ4n) is 4.70. The number of furan rings is 1. The van der Waals surface area contributed by atoms with Crippen molar-refractivity contribution in [2.75, 3.05) is 52.7 Å². The second-order valence-electron chi connectivity index (χ2n) is 9.91. The van der Waals surface area contributed by atoms with Crippen molar-refractivity contribution < 1.29 is 28.2 Å². The third-order valence-electron chi connectivity index (χ3n) is 6.95. The summed E-state index contributed by atoms with van der Waals surface area (Å²) in [4.78, 5) is 32.8. The monoisotopic (exact) mass is 545 g/mol. The lowest BCUT2D eigenvalue weighted by Crippen LogP contribution is -2.46. The Morgan fingerprint density at radius 3 is 2.50 bits per heavy atom. The number of nitrogens with zero attached hydrogens (tertiary/aromatic N) is 3. The molecule has 210 valence electrons. The van der Waals surface area contributed by atoms with E-state index < -0.39 is 0 Å². The number of hydrogen-bond acceptors (Lipinski definition) is 7. The smallest absolute Gasteiger partial charge is 0.247 e. The number of amides is 2. The Morgan fingerprint density at radius 1 is 0.925 bits per heavy atom. The summed E-state index contributed by atoms with van der Waals surface area (Å²) in [6, 6.07) is 19.1. The molecule has 3 aromatic rings. The third kappa shape index (κ3) is 7.52. The molecule has 0 saturated carbocycles. The second kappa shape index (κ2) is 13.3. The first-order valence-corrected chi connectivity index (χ1v) is 13.6. The summed E-state index contributed by atoms with van der Waals surface area (Å²) < 4.78 is 22.2. The van der Waals surface area contributed by atoms with Gasteiger partial charge < -0.3 is 28.4 Å². The van der Waals surface area contributed by atoms with Gasteiger partial charge >= 0.3 is 0 Å². The first kappa shape index (κ1) is 27.5. The maximum atomic E-state index is 13.8. The molecule has 0 aliphatic carbocycles. The summed E-state index contributed by atoms with van der Waals surface area (Å²) in [5.41, 5.74) is 1.82. The van der Waals surface area contributed by atoms with Crippen LogP contribution in [0.2, 0.25) is 0 Å². The average Bonchev–Trinajstić information content (AvgIpc) is 3.62. The summed E-state index contributed by atoms with van der Waals surface area (Å²) in [6.45, 7) is 6.69. The normalized spacial score (nSPS) is 14.9. The van der Waals surface area contributed by atoms with Crippen molar-refractivity contribution in [2.45, 2.75) is 20.0 Å². The van der Waals surface area contributed by atoms with E-state index in [1.165, 1.54) is 0 Å². The molecule has 0 N–H and O–H groups in total. The minimum Gasteiger partial charge on any atom is -0.464 e. The van der Waals surface area contributed by atoms with E-state index in [0.717, 1.165) is 30.0 Å². The molecule has 0 bridgehead atoms. The summed E-state index contributed by atoms with van der Waals surface area (Å²) >= 11 is 0. The van der Waals surface area contributed by atoms with Crippen molar-refractivity contribution >= 4 is 17.9 Å². The van der Waals surface area contributed by atoms with Crippen LogP contribution in [-0.2, 0) is 27.4 Å². The molecule has 1 saturated heterocycles. The molecule has 2 aliphatic rings. The Bertz CT molecular complexity index is 1320. The molecule has 3 heterocycles. The van der Waals surface area contributed by atoms with Crippen molar-refractivity contribution in [1.29, 1.82) is 0 Å². The van der Waals surface area contributed by atoms with Gasteiger partial charge in [0.2, 0.25) is 18.6 Å². The predicted octanol–water partition coefficient (Wildman–Crippen LogP) is 3.72. The molecule has 9 heteroatoms. The molecule has 0 spiro atoms. The Kier molecular flexibility index (Phi) is 9.15. The van der Waals surface area contributed by atoms with Gasteiger partial charge in [0, 0.05) is 38.8 Å². The molecule has 0 radical (unpaired) electrons. The third-order valence-corrected chi connectivity index (χ3v) is 6.95. The number of fused-ring (bicyclic) bond motifs is 1. The quantitative estimate of drug-likeness (QED) is 0.340. The van der Waals surface area contributed by atoms with E-state index in [4.69, 9.17) is 18.6 Å². The molecule has 40 heavy (non-hydrogen) atoms. The zero-order chi connectivity index (χ0) is 27.7. The fourth-order valence-corrected chi connectivity index (χ4v) is 4.70. The minimum absolute atomic E-state index is 0.0491. The SMILES string of the molecule is Cc1ccc(CN(Cc2ccc3c(c2)OCO3)C(=O)CN(CCN2CCOCC2)C(=O)C=Cc2ccccc2)o1. The first-order valence-electron chi connectivity index (χ1n) is 13.6. The van der Waals surface area contributed by atoms with Crippen molar-refractivity contribution in [1.82, 2.24) is 14.7 Å². The Labute approximate surface area is 234 Å². The molecule has 1 fully saturated rings. The lowest BCUT2D eigenvalue weighted by atomic mass is 10.1. The standard InChI is InChI=1S/C31H35N3O6/c1-24-7-10-27(40-24)21-34(20-26-8-11-28-29(19-26)39-23-38-28)31(36)22-33(14-13-32-15-17-37-18-16-32)30(35)12-9-25-5-3-2-4-6-25/h2-12,19H,13-18,20-23H2,1H3. The van der Waals surface area contributed by atoms with Gasteiger partial charge in [-0.1, -0.05) is 36.4 Å². The lowest BCUT2D eigenvalue weighted by molar-refractivity contribution is -0.139. The molecule has 1 aromatic heterocycles. The number of rotatable bonds is 11. The van der Waals surface area contributed by atoms with Crippen LogP contribution in [0.3, 0.4) is 0 Å². The molecule has 2 amide bonds. The molecule has 0 unspecified atom stereocenters. The van der Waals surface area contributed by atoms with E-state index >= 15 is 0 Å². The highest BCUT2D eigenvalue weighted by atomic mass is 16.7.